The monoisotopic (exact) mass is 270 g/mol. The van der Waals surface area contributed by atoms with Gasteiger partial charge >= 0.3 is 5.97 Å². The first-order valence-electron chi connectivity index (χ1n) is 6.34. The number of hydrogen-bond acceptors (Lipinski definition) is 3. The molecule has 0 radical (unpaired) electrons. The molecule has 0 aliphatic carbocycles. The van der Waals surface area contributed by atoms with Crippen LogP contribution in [0.2, 0.25) is 0 Å². The highest BCUT2D eigenvalue weighted by atomic mass is 16.4. The van der Waals surface area contributed by atoms with Crippen LogP contribution in [0.3, 0.4) is 0 Å². The lowest BCUT2D eigenvalue weighted by Crippen LogP contribution is -2.16. The van der Waals surface area contributed by atoms with E-state index in [0.717, 1.165) is 16.8 Å². The smallest absolute Gasteiger partial charge is 0.337 e. The van der Waals surface area contributed by atoms with Crippen LogP contribution in [-0.2, 0) is 0 Å². The van der Waals surface area contributed by atoms with Gasteiger partial charge in [-0.2, -0.15) is 0 Å². The Morgan fingerprint density at radius 3 is 2.30 bits per heavy atom. The molecule has 0 aliphatic heterocycles. The van der Waals surface area contributed by atoms with E-state index in [-0.39, 0.29) is 5.56 Å². The lowest BCUT2D eigenvalue weighted by Gasteiger charge is -2.24. The Hall–Kier alpha value is -2.49. The Labute approximate surface area is 118 Å². The van der Waals surface area contributed by atoms with Crippen molar-refractivity contribution in [1.82, 2.24) is 0 Å². The third-order valence-corrected chi connectivity index (χ3v) is 3.23. The number of nitrogens with two attached hydrogens (primary N) is 1. The van der Waals surface area contributed by atoms with Gasteiger partial charge in [0.25, 0.3) is 0 Å². The zero-order chi connectivity index (χ0) is 14.9. The van der Waals surface area contributed by atoms with Crippen LogP contribution in [0, 0.1) is 13.8 Å². The first-order chi connectivity index (χ1) is 9.40. The number of nitrogens with zero attached hydrogens (tertiary/aromatic N) is 1. The summed E-state index contributed by atoms with van der Waals surface area (Å²) in [5.74, 6) is -0.983. The Bertz CT molecular complexity index is 645. The predicted octanol–water partition coefficient (Wildman–Crippen LogP) is 3.35. The fourth-order valence-corrected chi connectivity index (χ4v) is 2.38. The number of carboxylic acid groups (broad SMARTS) is 1. The highest BCUT2D eigenvalue weighted by molar-refractivity contribution is 5.99. The molecule has 0 bridgehead atoms. The molecule has 4 nitrogen and oxygen atoms in total. The van der Waals surface area contributed by atoms with Gasteiger partial charge in [-0.1, -0.05) is 12.1 Å². The average Bonchev–Trinajstić information content (AvgIpc) is 2.36. The number of aryl methyl sites for hydroxylation is 2. The topological polar surface area (TPSA) is 66.6 Å². The number of para-hydroxylation sites is 1. The van der Waals surface area contributed by atoms with Crippen LogP contribution in [-0.4, -0.2) is 18.1 Å². The summed E-state index contributed by atoms with van der Waals surface area (Å²) in [5.41, 5.74) is 10.3. The van der Waals surface area contributed by atoms with Crippen molar-refractivity contribution in [2.24, 2.45) is 0 Å². The molecule has 0 heterocycles. The van der Waals surface area contributed by atoms with Crippen molar-refractivity contribution in [3.05, 3.63) is 53.1 Å². The molecule has 2 aromatic rings. The maximum absolute atomic E-state index is 11.4. The predicted molar refractivity (Wildman–Crippen MR) is 81.8 cm³/mol. The van der Waals surface area contributed by atoms with Gasteiger partial charge in [0.15, 0.2) is 0 Å². The van der Waals surface area contributed by atoms with Gasteiger partial charge in [0.1, 0.15) is 0 Å². The second-order valence-electron chi connectivity index (χ2n) is 4.95. The molecule has 104 valence electrons. The fourth-order valence-electron chi connectivity index (χ4n) is 2.38. The summed E-state index contributed by atoms with van der Waals surface area (Å²) in [5, 5.41) is 9.31. The highest BCUT2D eigenvalue weighted by Crippen LogP contribution is 2.33. The number of rotatable bonds is 3. The molecule has 0 aromatic heterocycles. The van der Waals surface area contributed by atoms with Crippen LogP contribution >= 0.6 is 0 Å². The van der Waals surface area contributed by atoms with Gasteiger partial charge in [-0.15, -0.1) is 0 Å². The van der Waals surface area contributed by atoms with E-state index in [0.29, 0.717) is 11.4 Å². The van der Waals surface area contributed by atoms with E-state index in [4.69, 9.17) is 5.73 Å². The first kappa shape index (κ1) is 13.9. The van der Waals surface area contributed by atoms with Crippen molar-refractivity contribution in [3.8, 4) is 0 Å². The maximum Gasteiger partial charge on any atom is 0.337 e. The number of hydrogen-bond donors (Lipinski definition) is 2. The highest BCUT2D eigenvalue weighted by Gasteiger charge is 2.17. The summed E-state index contributed by atoms with van der Waals surface area (Å²) in [4.78, 5) is 13.2. The van der Waals surface area contributed by atoms with Gasteiger partial charge in [-0.25, -0.2) is 4.79 Å². The van der Waals surface area contributed by atoms with E-state index in [2.05, 4.69) is 6.07 Å². The van der Waals surface area contributed by atoms with Crippen LogP contribution in [0.4, 0.5) is 17.1 Å². The van der Waals surface area contributed by atoms with Gasteiger partial charge < -0.3 is 15.7 Å². The molecule has 0 saturated carbocycles. The van der Waals surface area contributed by atoms with Crippen molar-refractivity contribution >= 4 is 23.0 Å². The Kier molecular flexibility index (Phi) is 3.66. The largest absolute Gasteiger partial charge is 0.478 e. The lowest BCUT2D eigenvalue weighted by atomic mass is 10.1. The number of carbonyl (C=O) groups is 1. The Morgan fingerprint density at radius 2 is 1.75 bits per heavy atom. The molecule has 0 amide bonds. The molecule has 0 saturated heterocycles. The number of anilines is 3. The summed E-state index contributed by atoms with van der Waals surface area (Å²) < 4.78 is 0. The number of benzene rings is 2. The third kappa shape index (κ3) is 2.59. The molecule has 2 rings (SSSR count). The Balaban J connectivity index is 2.58. The van der Waals surface area contributed by atoms with Gasteiger partial charge in [0, 0.05) is 12.7 Å². The molecule has 0 fully saturated rings. The number of carboxylic acids is 1. The van der Waals surface area contributed by atoms with E-state index in [1.54, 1.807) is 18.2 Å². The van der Waals surface area contributed by atoms with Crippen LogP contribution in [0.5, 0.6) is 0 Å². The van der Waals surface area contributed by atoms with Crippen LogP contribution in [0.1, 0.15) is 21.5 Å². The van der Waals surface area contributed by atoms with Crippen LogP contribution in [0.15, 0.2) is 36.4 Å². The van der Waals surface area contributed by atoms with Crippen molar-refractivity contribution < 1.29 is 9.90 Å². The molecule has 4 heteroatoms. The molecular weight excluding hydrogens is 252 g/mol. The molecule has 20 heavy (non-hydrogen) atoms. The van der Waals surface area contributed by atoms with Crippen LogP contribution < -0.4 is 10.6 Å². The van der Waals surface area contributed by atoms with Crippen molar-refractivity contribution in [2.75, 3.05) is 17.7 Å². The maximum atomic E-state index is 11.4. The number of nitrogen functional groups attached to an aromatic ring is 1. The van der Waals surface area contributed by atoms with Gasteiger partial charge in [0.05, 0.1) is 16.9 Å². The molecule has 0 unspecified atom stereocenters. The minimum atomic E-state index is -0.983. The quantitative estimate of drug-likeness (QED) is 0.839. The molecule has 0 spiro atoms. The van der Waals surface area contributed by atoms with Crippen LogP contribution in [0.25, 0.3) is 0 Å². The van der Waals surface area contributed by atoms with Crippen molar-refractivity contribution in [3.63, 3.8) is 0 Å². The molecule has 3 N–H and O–H groups in total. The zero-order valence-electron chi connectivity index (χ0n) is 11.8. The third-order valence-electron chi connectivity index (χ3n) is 3.23. The minimum Gasteiger partial charge on any atom is -0.478 e. The molecule has 2 aromatic carbocycles. The summed E-state index contributed by atoms with van der Waals surface area (Å²) >= 11 is 0. The zero-order valence-corrected chi connectivity index (χ0v) is 11.8. The lowest BCUT2D eigenvalue weighted by molar-refractivity contribution is 0.0697. The van der Waals surface area contributed by atoms with Crippen molar-refractivity contribution in [1.29, 1.82) is 0 Å². The van der Waals surface area contributed by atoms with Gasteiger partial charge in [-0.3, -0.25) is 0 Å². The van der Waals surface area contributed by atoms with E-state index in [1.165, 1.54) is 0 Å². The van der Waals surface area contributed by atoms with E-state index in [1.807, 2.05) is 37.9 Å². The number of aromatic carboxylic acids is 1. The standard InChI is InChI=1S/C16H18N2O2/c1-10-7-11(2)9-12(8-10)18(3)15-13(16(19)20)5-4-6-14(15)17/h4-9H,17H2,1-3H3,(H,19,20). The average molecular weight is 270 g/mol. The van der Waals surface area contributed by atoms with Gasteiger partial charge in [-0.05, 0) is 49.2 Å². The van der Waals surface area contributed by atoms with Crippen molar-refractivity contribution in [2.45, 2.75) is 13.8 Å². The Morgan fingerprint density at radius 1 is 1.15 bits per heavy atom. The summed E-state index contributed by atoms with van der Waals surface area (Å²) in [7, 11) is 1.83. The minimum absolute atomic E-state index is 0.201. The molecule has 0 atom stereocenters. The van der Waals surface area contributed by atoms with E-state index < -0.39 is 5.97 Å². The fraction of sp³-hybridized carbons (Fsp3) is 0.188. The van der Waals surface area contributed by atoms with E-state index >= 15 is 0 Å². The second-order valence-corrected chi connectivity index (χ2v) is 4.95. The normalized spacial score (nSPS) is 10.3. The second kappa shape index (κ2) is 5.25. The first-order valence-corrected chi connectivity index (χ1v) is 6.34. The van der Waals surface area contributed by atoms with E-state index in [9.17, 15) is 9.90 Å². The summed E-state index contributed by atoms with van der Waals surface area (Å²) in [6, 6.07) is 11.0. The summed E-state index contributed by atoms with van der Waals surface area (Å²) in [6.45, 7) is 4.02. The molecule has 0 aliphatic rings. The summed E-state index contributed by atoms with van der Waals surface area (Å²) in [6.07, 6.45) is 0. The SMILES string of the molecule is Cc1cc(C)cc(N(C)c2c(N)cccc2C(=O)O)c1. The molecular formula is C16H18N2O2. The van der Waals surface area contributed by atoms with Gasteiger partial charge in [0.2, 0.25) is 0 Å².